The van der Waals surface area contributed by atoms with Gasteiger partial charge in [-0.25, -0.2) is 0 Å². The maximum absolute atomic E-state index is 12.4. The first-order valence-corrected chi connectivity index (χ1v) is 6.81. The smallest absolute Gasteiger partial charge is 0.254 e. The zero-order chi connectivity index (χ0) is 14.5. The van der Waals surface area contributed by atoms with Gasteiger partial charge in [-0.1, -0.05) is 41.9 Å². The second-order valence-electron chi connectivity index (χ2n) is 4.47. The van der Waals surface area contributed by atoms with Gasteiger partial charge < -0.3 is 10.0 Å². The van der Waals surface area contributed by atoms with Gasteiger partial charge in [0, 0.05) is 18.7 Å². The minimum absolute atomic E-state index is 0.0191. The molecule has 0 aliphatic heterocycles. The Balaban J connectivity index is 2.18. The third-order valence-corrected chi connectivity index (χ3v) is 3.38. The summed E-state index contributed by atoms with van der Waals surface area (Å²) in [5, 5.41) is 9.59. The van der Waals surface area contributed by atoms with E-state index >= 15 is 0 Å². The number of phenolic OH excluding ortho intramolecular Hbond substituents is 1. The van der Waals surface area contributed by atoms with Crippen LogP contribution < -0.4 is 0 Å². The summed E-state index contributed by atoms with van der Waals surface area (Å²) < 4.78 is 0. The molecule has 2 aromatic rings. The Morgan fingerprint density at radius 1 is 1.20 bits per heavy atom. The lowest BCUT2D eigenvalue weighted by Crippen LogP contribution is -2.30. The Bertz CT molecular complexity index is 599. The summed E-state index contributed by atoms with van der Waals surface area (Å²) in [6, 6.07) is 14.3. The molecule has 0 saturated heterocycles. The molecule has 0 bridgehead atoms. The Morgan fingerprint density at radius 3 is 2.50 bits per heavy atom. The SMILES string of the molecule is CCN(Cc1ccccc1)C(=O)c1ccc(O)c(Cl)c1. The number of phenols is 1. The van der Waals surface area contributed by atoms with Crippen molar-refractivity contribution in [3.8, 4) is 5.75 Å². The molecule has 0 spiro atoms. The van der Waals surface area contributed by atoms with Crippen LogP contribution in [-0.4, -0.2) is 22.5 Å². The number of rotatable bonds is 4. The van der Waals surface area contributed by atoms with Gasteiger partial charge >= 0.3 is 0 Å². The second kappa shape index (κ2) is 6.44. The Hall–Kier alpha value is -2.00. The van der Waals surface area contributed by atoms with E-state index in [-0.39, 0.29) is 16.7 Å². The van der Waals surface area contributed by atoms with E-state index in [1.54, 1.807) is 11.0 Å². The van der Waals surface area contributed by atoms with Gasteiger partial charge in [0.1, 0.15) is 5.75 Å². The van der Waals surface area contributed by atoms with E-state index in [1.165, 1.54) is 12.1 Å². The number of carbonyl (C=O) groups is 1. The summed E-state index contributed by atoms with van der Waals surface area (Å²) in [5.74, 6) is -0.118. The lowest BCUT2D eigenvalue weighted by molar-refractivity contribution is 0.0752. The second-order valence-corrected chi connectivity index (χ2v) is 4.88. The van der Waals surface area contributed by atoms with Crippen molar-refractivity contribution in [3.05, 3.63) is 64.7 Å². The lowest BCUT2D eigenvalue weighted by Gasteiger charge is -2.21. The third kappa shape index (κ3) is 3.31. The van der Waals surface area contributed by atoms with E-state index in [2.05, 4.69) is 0 Å². The van der Waals surface area contributed by atoms with Crippen molar-refractivity contribution in [2.24, 2.45) is 0 Å². The zero-order valence-electron chi connectivity index (χ0n) is 11.2. The van der Waals surface area contributed by atoms with Crippen molar-refractivity contribution in [1.29, 1.82) is 0 Å². The van der Waals surface area contributed by atoms with Crippen molar-refractivity contribution in [1.82, 2.24) is 4.90 Å². The van der Waals surface area contributed by atoms with E-state index in [1.807, 2.05) is 37.3 Å². The van der Waals surface area contributed by atoms with Crippen molar-refractivity contribution >= 4 is 17.5 Å². The fourth-order valence-electron chi connectivity index (χ4n) is 1.95. The van der Waals surface area contributed by atoms with Gasteiger partial charge in [0.2, 0.25) is 0 Å². The summed E-state index contributed by atoms with van der Waals surface area (Å²) in [5.41, 5.74) is 1.55. The molecule has 0 fully saturated rings. The Morgan fingerprint density at radius 2 is 1.90 bits per heavy atom. The van der Waals surface area contributed by atoms with Crippen LogP contribution in [0.4, 0.5) is 0 Å². The number of benzene rings is 2. The van der Waals surface area contributed by atoms with Crippen LogP contribution in [0.1, 0.15) is 22.8 Å². The molecule has 1 N–H and O–H groups in total. The maximum atomic E-state index is 12.4. The van der Waals surface area contributed by atoms with Crippen LogP contribution in [0, 0.1) is 0 Å². The van der Waals surface area contributed by atoms with Gasteiger partial charge in [0.15, 0.2) is 0 Å². The molecule has 3 nitrogen and oxygen atoms in total. The topological polar surface area (TPSA) is 40.5 Å². The van der Waals surface area contributed by atoms with Crippen LogP contribution in [-0.2, 0) is 6.54 Å². The van der Waals surface area contributed by atoms with E-state index in [9.17, 15) is 9.90 Å². The summed E-state index contributed by atoms with van der Waals surface area (Å²) >= 11 is 5.85. The highest BCUT2D eigenvalue weighted by atomic mass is 35.5. The maximum Gasteiger partial charge on any atom is 0.254 e. The van der Waals surface area contributed by atoms with Gasteiger partial charge in [-0.15, -0.1) is 0 Å². The molecule has 0 aliphatic rings. The minimum atomic E-state index is -0.0988. The van der Waals surface area contributed by atoms with Crippen LogP contribution in [0.15, 0.2) is 48.5 Å². The summed E-state index contributed by atoms with van der Waals surface area (Å²) in [6.45, 7) is 3.09. The molecule has 0 unspecified atom stereocenters. The largest absolute Gasteiger partial charge is 0.506 e. The summed E-state index contributed by atoms with van der Waals surface area (Å²) in [4.78, 5) is 14.2. The average molecular weight is 290 g/mol. The van der Waals surface area contributed by atoms with Crippen LogP contribution in [0.5, 0.6) is 5.75 Å². The molecule has 0 aliphatic carbocycles. The molecule has 2 rings (SSSR count). The van der Waals surface area contributed by atoms with Gasteiger partial charge in [-0.3, -0.25) is 4.79 Å². The minimum Gasteiger partial charge on any atom is -0.506 e. The molecule has 104 valence electrons. The quantitative estimate of drug-likeness (QED) is 0.932. The van der Waals surface area contributed by atoms with Crippen LogP contribution >= 0.6 is 11.6 Å². The van der Waals surface area contributed by atoms with Crippen molar-refractivity contribution in [2.75, 3.05) is 6.54 Å². The molecule has 0 radical (unpaired) electrons. The highest BCUT2D eigenvalue weighted by Crippen LogP contribution is 2.24. The first-order chi connectivity index (χ1) is 9.61. The van der Waals surface area contributed by atoms with Crippen molar-refractivity contribution in [2.45, 2.75) is 13.5 Å². The number of halogens is 1. The highest BCUT2D eigenvalue weighted by molar-refractivity contribution is 6.32. The molecule has 0 aromatic heterocycles. The monoisotopic (exact) mass is 289 g/mol. The number of aromatic hydroxyl groups is 1. The highest BCUT2D eigenvalue weighted by Gasteiger charge is 2.15. The molecule has 4 heteroatoms. The van der Waals surface area contributed by atoms with Gasteiger partial charge in [0.05, 0.1) is 5.02 Å². The number of nitrogens with zero attached hydrogens (tertiary/aromatic N) is 1. The lowest BCUT2D eigenvalue weighted by atomic mass is 10.1. The van der Waals surface area contributed by atoms with E-state index in [0.717, 1.165) is 5.56 Å². The van der Waals surface area contributed by atoms with Crippen molar-refractivity contribution in [3.63, 3.8) is 0 Å². The van der Waals surface area contributed by atoms with E-state index in [0.29, 0.717) is 18.7 Å². The zero-order valence-corrected chi connectivity index (χ0v) is 12.0. The van der Waals surface area contributed by atoms with Crippen LogP contribution in [0.2, 0.25) is 5.02 Å². The van der Waals surface area contributed by atoms with Gasteiger partial charge in [0.25, 0.3) is 5.91 Å². The molecular weight excluding hydrogens is 274 g/mol. The third-order valence-electron chi connectivity index (χ3n) is 3.08. The van der Waals surface area contributed by atoms with Crippen LogP contribution in [0.25, 0.3) is 0 Å². The fraction of sp³-hybridized carbons (Fsp3) is 0.188. The standard InChI is InChI=1S/C16H16ClNO2/c1-2-18(11-12-6-4-3-5-7-12)16(20)13-8-9-15(19)14(17)10-13/h3-10,19H,2,11H2,1H3. The summed E-state index contributed by atoms with van der Waals surface area (Å²) in [6.07, 6.45) is 0. The van der Waals surface area contributed by atoms with Crippen LogP contribution in [0.3, 0.4) is 0 Å². The first-order valence-electron chi connectivity index (χ1n) is 6.43. The number of hydrogen-bond acceptors (Lipinski definition) is 2. The molecule has 2 aromatic carbocycles. The first kappa shape index (κ1) is 14.4. The molecule has 20 heavy (non-hydrogen) atoms. The predicted molar refractivity (Wildman–Crippen MR) is 80.0 cm³/mol. The van der Waals surface area contributed by atoms with Crippen molar-refractivity contribution < 1.29 is 9.90 Å². The molecule has 0 atom stereocenters. The van der Waals surface area contributed by atoms with Gasteiger partial charge in [-0.2, -0.15) is 0 Å². The van der Waals surface area contributed by atoms with E-state index in [4.69, 9.17) is 11.6 Å². The Labute approximate surface area is 123 Å². The Kier molecular flexibility index (Phi) is 4.64. The van der Waals surface area contributed by atoms with E-state index < -0.39 is 0 Å². The fourth-order valence-corrected chi connectivity index (χ4v) is 2.13. The molecular formula is C16H16ClNO2. The molecule has 0 heterocycles. The molecule has 1 amide bonds. The average Bonchev–Trinajstić information content (AvgIpc) is 2.48. The predicted octanol–water partition coefficient (Wildman–Crippen LogP) is 3.71. The number of carbonyl (C=O) groups excluding carboxylic acids is 1. The number of hydrogen-bond donors (Lipinski definition) is 1. The normalized spacial score (nSPS) is 10.3. The van der Waals surface area contributed by atoms with Gasteiger partial charge in [-0.05, 0) is 30.7 Å². The summed E-state index contributed by atoms with van der Waals surface area (Å²) in [7, 11) is 0. The number of amides is 1. The molecule has 0 saturated carbocycles.